The van der Waals surface area contributed by atoms with Crippen LogP contribution in [0, 0.1) is 3.57 Å². The van der Waals surface area contributed by atoms with Crippen LogP contribution in [0.2, 0.25) is 0 Å². The summed E-state index contributed by atoms with van der Waals surface area (Å²) < 4.78 is 1.17. The first-order valence-corrected chi connectivity index (χ1v) is 8.52. The Hall–Kier alpha value is -1.11. The van der Waals surface area contributed by atoms with Crippen LogP contribution < -0.4 is 5.32 Å². The number of hydrogen-bond acceptors (Lipinski definition) is 2. The van der Waals surface area contributed by atoms with Crippen molar-refractivity contribution in [2.45, 2.75) is 44.2 Å². The topological polar surface area (TPSA) is 49.4 Å². The molecule has 2 aliphatic rings. The summed E-state index contributed by atoms with van der Waals surface area (Å²) >= 11 is 2.26. The Balaban J connectivity index is 1.79. The van der Waals surface area contributed by atoms with Crippen LogP contribution in [0.1, 0.15) is 37.7 Å². The Labute approximate surface area is 138 Å². The SMILES string of the molecule is O=C1CN(Cc2ccc(I)cc2)C(=O)C2(CCCCC2)N1. The van der Waals surface area contributed by atoms with Crippen LogP contribution in [0.25, 0.3) is 0 Å². The monoisotopic (exact) mass is 398 g/mol. The number of rotatable bonds is 2. The summed E-state index contributed by atoms with van der Waals surface area (Å²) in [5.74, 6) is 0.0716. The number of hydrogen-bond donors (Lipinski definition) is 1. The van der Waals surface area contributed by atoms with Crippen molar-refractivity contribution in [3.05, 3.63) is 33.4 Å². The quantitative estimate of drug-likeness (QED) is 0.779. The van der Waals surface area contributed by atoms with Crippen LogP contribution in [-0.2, 0) is 16.1 Å². The second-order valence-corrected chi connectivity index (χ2v) is 7.22. The lowest BCUT2D eigenvalue weighted by Gasteiger charge is -2.44. The van der Waals surface area contributed by atoms with E-state index in [4.69, 9.17) is 0 Å². The van der Waals surface area contributed by atoms with Crippen molar-refractivity contribution >= 4 is 34.4 Å². The van der Waals surface area contributed by atoms with Gasteiger partial charge in [-0.3, -0.25) is 9.59 Å². The summed E-state index contributed by atoms with van der Waals surface area (Å²) in [6, 6.07) is 8.10. The van der Waals surface area contributed by atoms with Crippen molar-refractivity contribution in [2.24, 2.45) is 0 Å². The first-order chi connectivity index (χ1) is 10.1. The highest BCUT2D eigenvalue weighted by atomic mass is 127. The molecule has 1 spiro atoms. The zero-order chi connectivity index (χ0) is 14.9. The average molecular weight is 398 g/mol. The molecule has 2 fully saturated rings. The molecule has 4 nitrogen and oxygen atoms in total. The van der Waals surface area contributed by atoms with Crippen molar-refractivity contribution < 1.29 is 9.59 Å². The van der Waals surface area contributed by atoms with Gasteiger partial charge in [0.15, 0.2) is 0 Å². The van der Waals surface area contributed by atoms with Crippen LogP contribution in [0.5, 0.6) is 0 Å². The first kappa shape index (κ1) is 14.8. The molecule has 2 amide bonds. The molecular formula is C16H19IN2O2. The number of nitrogens with one attached hydrogen (secondary N) is 1. The third-order valence-corrected chi connectivity index (χ3v) is 5.12. The van der Waals surface area contributed by atoms with Gasteiger partial charge in [0.1, 0.15) is 5.54 Å². The van der Waals surface area contributed by atoms with E-state index in [1.165, 1.54) is 3.57 Å². The summed E-state index contributed by atoms with van der Waals surface area (Å²) in [6.45, 7) is 0.692. The predicted octanol–water partition coefficient (Wildman–Crippen LogP) is 2.45. The average Bonchev–Trinajstić information content (AvgIpc) is 2.48. The van der Waals surface area contributed by atoms with Gasteiger partial charge in [0.2, 0.25) is 11.8 Å². The standard InChI is InChI=1S/C16H19IN2O2/c17-13-6-4-12(5-7-13)10-19-11-14(20)18-16(15(19)21)8-2-1-3-9-16/h4-7H,1-3,8-11H2,(H,18,20). The first-order valence-electron chi connectivity index (χ1n) is 7.44. The van der Waals surface area contributed by atoms with E-state index in [1.54, 1.807) is 4.90 Å². The lowest BCUT2D eigenvalue weighted by Crippen LogP contribution is -2.66. The molecule has 1 saturated heterocycles. The molecule has 1 heterocycles. The van der Waals surface area contributed by atoms with Gasteiger partial charge >= 0.3 is 0 Å². The molecule has 3 rings (SSSR count). The fourth-order valence-electron chi connectivity index (χ4n) is 3.34. The van der Waals surface area contributed by atoms with E-state index in [9.17, 15) is 9.59 Å². The Morgan fingerprint density at radius 2 is 1.76 bits per heavy atom. The van der Waals surface area contributed by atoms with Crippen molar-refractivity contribution in [3.63, 3.8) is 0 Å². The highest BCUT2D eigenvalue weighted by molar-refractivity contribution is 14.1. The number of piperazine rings is 1. The van der Waals surface area contributed by atoms with Gasteiger partial charge in [-0.2, -0.15) is 0 Å². The van der Waals surface area contributed by atoms with Gasteiger partial charge in [-0.1, -0.05) is 31.4 Å². The maximum Gasteiger partial charge on any atom is 0.249 e. The van der Waals surface area contributed by atoms with Crippen LogP contribution in [0.15, 0.2) is 24.3 Å². The molecule has 1 N–H and O–H groups in total. The lowest BCUT2D eigenvalue weighted by molar-refractivity contribution is -0.152. The Bertz CT molecular complexity index is 550. The molecule has 0 bridgehead atoms. The molecule has 112 valence electrons. The molecule has 1 aliphatic heterocycles. The highest BCUT2D eigenvalue weighted by Crippen LogP contribution is 2.32. The fraction of sp³-hybridized carbons (Fsp3) is 0.500. The van der Waals surface area contributed by atoms with E-state index < -0.39 is 5.54 Å². The highest BCUT2D eigenvalue weighted by Gasteiger charge is 2.46. The van der Waals surface area contributed by atoms with Gasteiger partial charge in [0.05, 0.1) is 6.54 Å². The van der Waals surface area contributed by atoms with E-state index in [0.29, 0.717) is 6.54 Å². The zero-order valence-electron chi connectivity index (χ0n) is 11.9. The third-order valence-electron chi connectivity index (χ3n) is 4.40. The summed E-state index contributed by atoms with van der Waals surface area (Å²) in [4.78, 5) is 26.6. The van der Waals surface area contributed by atoms with Gasteiger partial charge in [-0.05, 0) is 53.1 Å². The maximum absolute atomic E-state index is 12.8. The second kappa shape index (κ2) is 5.94. The van der Waals surface area contributed by atoms with E-state index in [1.807, 2.05) is 24.3 Å². The maximum atomic E-state index is 12.8. The number of amides is 2. The zero-order valence-corrected chi connectivity index (χ0v) is 14.1. The van der Waals surface area contributed by atoms with Gasteiger partial charge in [0, 0.05) is 10.1 Å². The molecule has 0 unspecified atom stereocenters. The van der Waals surface area contributed by atoms with Crippen LogP contribution in [-0.4, -0.2) is 28.8 Å². The fourth-order valence-corrected chi connectivity index (χ4v) is 3.70. The van der Waals surface area contributed by atoms with Crippen LogP contribution in [0.4, 0.5) is 0 Å². The minimum Gasteiger partial charge on any atom is -0.340 e. The van der Waals surface area contributed by atoms with Gasteiger partial charge in [-0.15, -0.1) is 0 Å². The van der Waals surface area contributed by atoms with Gasteiger partial charge in [-0.25, -0.2) is 0 Å². The van der Waals surface area contributed by atoms with E-state index in [-0.39, 0.29) is 18.4 Å². The number of benzene rings is 1. The number of carbonyl (C=O) groups is 2. The molecular weight excluding hydrogens is 379 g/mol. The molecule has 0 atom stereocenters. The minimum atomic E-state index is -0.628. The molecule has 21 heavy (non-hydrogen) atoms. The summed E-state index contributed by atoms with van der Waals surface area (Å²) in [6.07, 6.45) is 4.75. The predicted molar refractivity (Wildman–Crippen MR) is 88.5 cm³/mol. The lowest BCUT2D eigenvalue weighted by atomic mass is 9.79. The van der Waals surface area contributed by atoms with E-state index in [2.05, 4.69) is 27.9 Å². The minimum absolute atomic E-state index is 0.0259. The normalized spacial score (nSPS) is 21.5. The summed E-state index contributed by atoms with van der Waals surface area (Å²) in [7, 11) is 0. The molecule has 1 saturated carbocycles. The van der Waals surface area contributed by atoms with E-state index >= 15 is 0 Å². The Kier molecular flexibility index (Phi) is 4.19. The second-order valence-electron chi connectivity index (χ2n) is 5.98. The van der Waals surface area contributed by atoms with Crippen molar-refractivity contribution in [2.75, 3.05) is 6.54 Å². The molecule has 5 heteroatoms. The van der Waals surface area contributed by atoms with Crippen LogP contribution >= 0.6 is 22.6 Å². The number of halogens is 1. The van der Waals surface area contributed by atoms with Gasteiger partial charge in [0.25, 0.3) is 0 Å². The molecule has 1 aliphatic carbocycles. The van der Waals surface area contributed by atoms with E-state index in [0.717, 1.165) is 37.7 Å². The molecule has 1 aromatic rings. The summed E-state index contributed by atoms with van der Waals surface area (Å²) in [5, 5.41) is 2.98. The molecule has 0 radical (unpaired) electrons. The smallest absolute Gasteiger partial charge is 0.249 e. The van der Waals surface area contributed by atoms with Crippen molar-refractivity contribution in [3.8, 4) is 0 Å². The largest absolute Gasteiger partial charge is 0.340 e. The van der Waals surface area contributed by atoms with Crippen molar-refractivity contribution in [1.29, 1.82) is 0 Å². The van der Waals surface area contributed by atoms with Crippen molar-refractivity contribution in [1.82, 2.24) is 10.2 Å². The number of carbonyl (C=O) groups excluding carboxylic acids is 2. The van der Waals surface area contributed by atoms with Gasteiger partial charge < -0.3 is 10.2 Å². The Morgan fingerprint density at radius 3 is 2.43 bits per heavy atom. The molecule has 0 aromatic heterocycles. The number of nitrogens with zero attached hydrogens (tertiary/aromatic N) is 1. The third kappa shape index (κ3) is 3.07. The Morgan fingerprint density at radius 1 is 1.10 bits per heavy atom. The van der Waals surface area contributed by atoms with Crippen LogP contribution in [0.3, 0.4) is 0 Å². The summed E-state index contributed by atoms with van der Waals surface area (Å²) in [5.41, 5.74) is 0.445. The molecule has 1 aromatic carbocycles.